The van der Waals surface area contributed by atoms with Crippen molar-refractivity contribution < 1.29 is 13.2 Å². The van der Waals surface area contributed by atoms with Gasteiger partial charge in [0.2, 0.25) is 0 Å². The molecule has 0 saturated carbocycles. The Bertz CT molecular complexity index is 501. The Morgan fingerprint density at radius 3 is 2.43 bits per heavy atom. The number of ether oxygens (including phenoxy) is 1. The Morgan fingerprint density at radius 2 is 2.00 bits per heavy atom. The van der Waals surface area contributed by atoms with Crippen LogP contribution in [0.3, 0.4) is 0 Å². The summed E-state index contributed by atoms with van der Waals surface area (Å²) in [6.07, 6.45) is 2.34. The zero-order valence-corrected chi connectivity index (χ0v) is 8.96. The van der Waals surface area contributed by atoms with Crippen LogP contribution in [0.15, 0.2) is 22.0 Å². The fraction of sp³-hybridized carbons (Fsp3) is 0.375. The number of aromatic nitrogens is 1. The van der Waals surface area contributed by atoms with Gasteiger partial charge in [0.1, 0.15) is 0 Å². The number of nitrogens with zero attached hydrogens (tertiary/aromatic N) is 1. The van der Waals surface area contributed by atoms with Crippen LogP contribution in [0.4, 0.5) is 0 Å². The molecule has 0 aliphatic rings. The van der Waals surface area contributed by atoms with Gasteiger partial charge in [-0.15, -0.1) is 0 Å². The van der Waals surface area contributed by atoms with Gasteiger partial charge in [-0.05, 0) is 0 Å². The van der Waals surface area contributed by atoms with E-state index < -0.39 is 9.84 Å². The minimum Gasteiger partial charge on any atom is -0.491 e. The summed E-state index contributed by atoms with van der Waals surface area (Å²) < 4.78 is 28.3. The Morgan fingerprint density at radius 1 is 1.43 bits per heavy atom. The second kappa shape index (κ2) is 3.45. The lowest BCUT2D eigenvalue weighted by atomic mass is 10.4. The molecule has 0 saturated heterocycles. The van der Waals surface area contributed by atoms with E-state index in [1.807, 2.05) is 0 Å². The van der Waals surface area contributed by atoms with Gasteiger partial charge in [0, 0.05) is 25.6 Å². The van der Waals surface area contributed by atoms with Gasteiger partial charge in [-0.3, -0.25) is 4.79 Å². The summed E-state index contributed by atoms with van der Waals surface area (Å²) in [6, 6.07) is 1.22. The van der Waals surface area contributed by atoms with Crippen LogP contribution in [0, 0.1) is 0 Å². The number of hydrogen-bond donors (Lipinski definition) is 0. The fourth-order valence-electron chi connectivity index (χ4n) is 1.00. The van der Waals surface area contributed by atoms with E-state index in [0.29, 0.717) is 0 Å². The molecule has 0 spiro atoms. The normalized spacial score (nSPS) is 11.4. The quantitative estimate of drug-likeness (QED) is 0.688. The summed E-state index contributed by atoms with van der Waals surface area (Å²) in [7, 11) is -0.520. The van der Waals surface area contributed by atoms with E-state index in [-0.39, 0.29) is 16.2 Å². The molecule has 0 aliphatic heterocycles. The summed E-state index contributed by atoms with van der Waals surface area (Å²) in [6.45, 7) is 0. The zero-order valence-electron chi connectivity index (χ0n) is 8.14. The highest BCUT2D eigenvalue weighted by atomic mass is 32.2. The lowest BCUT2D eigenvalue weighted by Gasteiger charge is -2.05. The van der Waals surface area contributed by atoms with Gasteiger partial charge in [0.05, 0.1) is 12.0 Å². The molecule has 0 bridgehead atoms. The van der Waals surface area contributed by atoms with Crippen molar-refractivity contribution in [3.8, 4) is 5.75 Å². The highest BCUT2D eigenvalue weighted by molar-refractivity contribution is 7.90. The molecular weight excluding hydrogens is 206 g/mol. The standard InChI is InChI=1S/C8H11NO4S/c1-9-5-6(14(3,11)12)4-7(13-2)8(9)10/h4-5H,1-3H3. The van der Waals surface area contributed by atoms with Crippen molar-refractivity contribution in [2.75, 3.05) is 13.4 Å². The van der Waals surface area contributed by atoms with Crippen LogP contribution in [0.25, 0.3) is 0 Å². The predicted octanol–water partition coefficient (Wildman–Crippen LogP) is -0.203. The van der Waals surface area contributed by atoms with Crippen LogP contribution in [-0.4, -0.2) is 26.4 Å². The number of rotatable bonds is 2. The topological polar surface area (TPSA) is 65.4 Å². The van der Waals surface area contributed by atoms with Gasteiger partial charge in [-0.2, -0.15) is 0 Å². The monoisotopic (exact) mass is 217 g/mol. The van der Waals surface area contributed by atoms with Crippen LogP contribution in [0.5, 0.6) is 5.75 Å². The lowest BCUT2D eigenvalue weighted by molar-refractivity contribution is 0.402. The number of aryl methyl sites for hydroxylation is 1. The van der Waals surface area contributed by atoms with Crippen molar-refractivity contribution in [2.45, 2.75) is 4.90 Å². The zero-order chi connectivity index (χ0) is 10.9. The first-order valence-corrected chi connectivity index (χ1v) is 5.70. The highest BCUT2D eigenvalue weighted by Crippen LogP contribution is 2.11. The van der Waals surface area contributed by atoms with E-state index in [1.165, 1.54) is 31.0 Å². The molecule has 78 valence electrons. The molecule has 1 aromatic heterocycles. The molecule has 5 nitrogen and oxygen atoms in total. The summed E-state index contributed by atoms with van der Waals surface area (Å²) in [5.41, 5.74) is -0.361. The summed E-state index contributed by atoms with van der Waals surface area (Å²) in [5, 5.41) is 0. The van der Waals surface area contributed by atoms with Crippen LogP contribution < -0.4 is 10.3 Å². The third-order valence-electron chi connectivity index (χ3n) is 1.77. The molecule has 0 N–H and O–H groups in total. The minimum atomic E-state index is -3.31. The molecule has 1 aromatic rings. The van der Waals surface area contributed by atoms with Gasteiger partial charge in [-0.1, -0.05) is 0 Å². The Kier molecular flexibility index (Phi) is 2.66. The number of hydrogen-bond acceptors (Lipinski definition) is 4. The first-order valence-electron chi connectivity index (χ1n) is 3.81. The average molecular weight is 217 g/mol. The largest absolute Gasteiger partial charge is 0.491 e. The van der Waals surface area contributed by atoms with E-state index >= 15 is 0 Å². The molecular formula is C8H11NO4S. The minimum absolute atomic E-state index is 0.0235. The highest BCUT2D eigenvalue weighted by Gasteiger charge is 2.12. The third kappa shape index (κ3) is 1.95. The van der Waals surface area contributed by atoms with Crippen LogP contribution in [0.2, 0.25) is 0 Å². The van der Waals surface area contributed by atoms with Gasteiger partial charge in [0.25, 0.3) is 5.56 Å². The first kappa shape index (κ1) is 10.8. The van der Waals surface area contributed by atoms with Crippen molar-refractivity contribution in [1.29, 1.82) is 0 Å². The van der Waals surface area contributed by atoms with Crippen molar-refractivity contribution in [3.63, 3.8) is 0 Å². The number of sulfone groups is 1. The van der Waals surface area contributed by atoms with E-state index in [0.717, 1.165) is 6.26 Å². The van der Waals surface area contributed by atoms with Gasteiger partial charge < -0.3 is 9.30 Å². The van der Waals surface area contributed by atoms with Crippen molar-refractivity contribution in [2.24, 2.45) is 7.05 Å². The van der Waals surface area contributed by atoms with Gasteiger partial charge in [0.15, 0.2) is 15.6 Å². The predicted molar refractivity (Wildman–Crippen MR) is 51.3 cm³/mol. The second-order valence-electron chi connectivity index (χ2n) is 2.93. The van der Waals surface area contributed by atoms with Crippen LogP contribution in [0.1, 0.15) is 0 Å². The average Bonchev–Trinajstić information content (AvgIpc) is 2.07. The van der Waals surface area contributed by atoms with Crippen molar-refractivity contribution in [1.82, 2.24) is 4.57 Å². The summed E-state index contributed by atoms with van der Waals surface area (Å²) in [5.74, 6) is 0.0235. The molecule has 1 heterocycles. The van der Waals surface area contributed by atoms with Gasteiger partial charge >= 0.3 is 0 Å². The van der Waals surface area contributed by atoms with E-state index in [4.69, 9.17) is 4.74 Å². The number of methoxy groups -OCH3 is 1. The Balaban J connectivity index is 3.54. The summed E-state index contributed by atoms with van der Waals surface area (Å²) in [4.78, 5) is 11.4. The van der Waals surface area contributed by atoms with E-state index in [9.17, 15) is 13.2 Å². The van der Waals surface area contributed by atoms with Crippen LogP contribution in [-0.2, 0) is 16.9 Å². The van der Waals surface area contributed by atoms with Crippen molar-refractivity contribution in [3.05, 3.63) is 22.6 Å². The summed E-state index contributed by atoms with van der Waals surface area (Å²) >= 11 is 0. The van der Waals surface area contributed by atoms with E-state index in [1.54, 1.807) is 0 Å². The first-order chi connectivity index (χ1) is 6.36. The molecule has 0 amide bonds. The molecule has 0 atom stereocenters. The maximum atomic E-state index is 11.3. The van der Waals surface area contributed by atoms with Crippen LogP contribution >= 0.6 is 0 Å². The second-order valence-corrected chi connectivity index (χ2v) is 4.95. The molecule has 0 aromatic carbocycles. The molecule has 14 heavy (non-hydrogen) atoms. The third-order valence-corrected chi connectivity index (χ3v) is 2.85. The Hall–Kier alpha value is -1.30. The lowest BCUT2D eigenvalue weighted by Crippen LogP contribution is -2.19. The fourth-order valence-corrected chi connectivity index (χ4v) is 1.67. The van der Waals surface area contributed by atoms with Gasteiger partial charge in [-0.25, -0.2) is 8.42 Å². The molecule has 0 unspecified atom stereocenters. The van der Waals surface area contributed by atoms with E-state index in [2.05, 4.69) is 0 Å². The molecule has 1 rings (SSSR count). The maximum absolute atomic E-state index is 11.3. The molecule has 0 radical (unpaired) electrons. The maximum Gasteiger partial charge on any atom is 0.292 e. The SMILES string of the molecule is COc1cc(S(C)(=O)=O)cn(C)c1=O. The molecule has 6 heteroatoms. The molecule has 0 aliphatic carbocycles. The number of pyridine rings is 1. The smallest absolute Gasteiger partial charge is 0.292 e. The van der Waals surface area contributed by atoms with Crippen molar-refractivity contribution >= 4 is 9.84 Å². The Labute approximate surface area is 81.9 Å². The molecule has 0 fully saturated rings.